The van der Waals surface area contributed by atoms with Crippen LogP contribution in [0.3, 0.4) is 0 Å². The quantitative estimate of drug-likeness (QED) is 0.757. The number of anilines is 1. The Hall–Kier alpha value is -2.05. The van der Waals surface area contributed by atoms with E-state index in [2.05, 4.69) is 10.0 Å². The van der Waals surface area contributed by atoms with Crippen molar-refractivity contribution in [2.45, 2.75) is 43.5 Å². The fraction of sp³-hybridized carbons (Fsp3) is 0.381. The number of rotatable bonds is 5. The van der Waals surface area contributed by atoms with Crippen molar-refractivity contribution in [1.82, 2.24) is 5.32 Å². The molecule has 7 heteroatoms. The second kappa shape index (κ2) is 7.41. The largest absolute Gasteiger partial charge is 0.349 e. The summed E-state index contributed by atoms with van der Waals surface area (Å²) in [7, 11) is -3.92. The van der Waals surface area contributed by atoms with Gasteiger partial charge < -0.3 is 5.32 Å². The molecule has 2 aromatic rings. The summed E-state index contributed by atoms with van der Waals surface area (Å²) in [6, 6.07) is 11.7. The maximum Gasteiger partial charge on any atom is 0.263 e. The van der Waals surface area contributed by atoms with E-state index in [1.807, 2.05) is 19.1 Å². The summed E-state index contributed by atoms with van der Waals surface area (Å²) in [6.45, 7) is 1.82. The third-order valence-electron chi connectivity index (χ3n) is 5.93. The number of sulfonamides is 1. The lowest BCUT2D eigenvalue weighted by Crippen LogP contribution is -2.38. The van der Waals surface area contributed by atoms with E-state index in [4.69, 9.17) is 11.6 Å². The molecule has 2 bridgehead atoms. The maximum atomic E-state index is 12.9. The number of fused-ring (bicyclic) bond motifs is 2. The van der Waals surface area contributed by atoms with Crippen molar-refractivity contribution in [3.8, 4) is 0 Å². The van der Waals surface area contributed by atoms with Crippen molar-refractivity contribution < 1.29 is 13.2 Å². The normalized spacial score (nSPS) is 23.6. The molecular weight excluding hydrogens is 396 g/mol. The summed E-state index contributed by atoms with van der Waals surface area (Å²) in [5, 5.41) is 3.17. The van der Waals surface area contributed by atoms with Crippen molar-refractivity contribution in [3.63, 3.8) is 0 Å². The van der Waals surface area contributed by atoms with Gasteiger partial charge in [-0.05, 0) is 67.9 Å². The van der Waals surface area contributed by atoms with Crippen LogP contribution in [0.15, 0.2) is 47.4 Å². The average molecular weight is 419 g/mol. The Morgan fingerprint density at radius 1 is 1.11 bits per heavy atom. The van der Waals surface area contributed by atoms with Crippen LogP contribution in [-0.2, 0) is 10.0 Å². The number of carbonyl (C=O) groups excluding carboxylic acids is 1. The molecule has 2 fully saturated rings. The van der Waals surface area contributed by atoms with Crippen molar-refractivity contribution in [2.75, 3.05) is 4.72 Å². The van der Waals surface area contributed by atoms with Crippen molar-refractivity contribution in [1.29, 1.82) is 0 Å². The van der Waals surface area contributed by atoms with Gasteiger partial charge in [0, 0.05) is 11.6 Å². The molecule has 5 nitrogen and oxygen atoms in total. The molecule has 0 saturated heterocycles. The highest BCUT2D eigenvalue weighted by atomic mass is 35.5. The van der Waals surface area contributed by atoms with Crippen LogP contribution in [0, 0.1) is 18.8 Å². The van der Waals surface area contributed by atoms with Crippen LogP contribution in [0.25, 0.3) is 0 Å². The molecule has 0 unspecified atom stereocenters. The van der Waals surface area contributed by atoms with Gasteiger partial charge >= 0.3 is 0 Å². The lowest BCUT2D eigenvalue weighted by molar-refractivity contribution is 0.0922. The first-order chi connectivity index (χ1) is 13.3. The van der Waals surface area contributed by atoms with E-state index in [9.17, 15) is 13.2 Å². The first kappa shape index (κ1) is 19.3. The first-order valence-corrected chi connectivity index (χ1v) is 11.4. The zero-order chi connectivity index (χ0) is 19.9. The Morgan fingerprint density at radius 2 is 1.89 bits per heavy atom. The summed E-state index contributed by atoms with van der Waals surface area (Å²) in [4.78, 5) is 12.6. The smallest absolute Gasteiger partial charge is 0.263 e. The van der Waals surface area contributed by atoms with Gasteiger partial charge in [0.15, 0.2) is 0 Å². The lowest BCUT2D eigenvalue weighted by atomic mass is 9.95. The van der Waals surface area contributed by atoms with E-state index < -0.39 is 10.0 Å². The topological polar surface area (TPSA) is 75.3 Å². The standard InChI is InChI=1S/C21H23ClN2O3S/c1-13-4-2-3-5-18(13)24-28(26,27)20-12-16(8-9-17(20)22)21(25)23-19-11-14-6-7-15(19)10-14/h2-5,8-9,12,14-15,19,24H,6-7,10-11H2,1H3,(H,23,25)/t14-,15-,19-/m0/s1. The van der Waals surface area contributed by atoms with Crippen LogP contribution in [-0.4, -0.2) is 20.4 Å². The lowest BCUT2D eigenvalue weighted by Gasteiger charge is -2.23. The SMILES string of the molecule is Cc1ccccc1NS(=O)(=O)c1cc(C(=O)N[C@H]2C[C@H]3CC[C@H]2C3)ccc1Cl. The Labute approximate surface area is 170 Å². The number of carbonyl (C=O) groups is 1. The van der Waals surface area contributed by atoms with Gasteiger partial charge in [-0.1, -0.05) is 36.2 Å². The number of hydrogen-bond acceptors (Lipinski definition) is 3. The molecule has 4 rings (SSSR count). The summed E-state index contributed by atoms with van der Waals surface area (Å²) < 4.78 is 28.3. The summed E-state index contributed by atoms with van der Waals surface area (Å²) >= 11 is 6.16. The summed E-state index contributed by atoms with van der Waals surface area (Å²) in [6.07, 6.45) is 4.62. The van der Waals surface area contributed by atoms with Gasteiger partial charge in [-0.3, -0.25) is 9.52 Å². The Kier molecular flexibility index (Phi) is 5.10. The maximum absolute atomic E-state index is 12.9. The highest BCUT2D eigenvalue weighted by molar-refractivity contribution is 7.92. The number of halogens is 1. The van der Waals surface area contributed by atoms with Gasteiger partial charge in [0.1, 0.15) is 4.90 Å². The van der Waals surface area contributed by atoms with Gasteiger partial charge in [-0.2, -0.15) is 0 Å². The van der Waals surface area contributed by atoms with E-state index >= 15 is 0 Å². The second-order valence-electron chi connectivity index (χ2n) is 7.82. The molecule has 28 heavy (non-hydrogen) atoms. The molecule has 0 aromatic heterocycles. The van der Waals surface area contributed by atoms with Gasteiger partial charge in [-0.15, -0.1) is 0 Å². The molecule has 0 spiro atoms. The van der Waals surface area contributed by atoms with Crippen molar-refractivity contribution in [2.24, 2.45) is 11.8 Å². The zero-order valence-corrected chi connectivity index (χ0v) is 17.2. The Bertz CT molecular complexity index is 1020. The highest BCUT2D eigenvalue weighted by Crippen LogP contribution is 2.44. The molecule has 2 aromatic carbocycles. The highest BCUT2D eigenvalue weighted by Gasteiger charge is 2.40. The minimum atomic E-state index is -3.92. The number of nitrogens with one attached hydrogen (secondary N) is 2. The minimum absolute atomic E-state index is 0.0811. The number of benzene rings is 2. The van der Waals surface area contributed by atoms with E-state index in [1.165, 1.54) is 25.0 Å². The molecule has 0 radical (unpaired) electrons. The van der Waals surface area contributed by atoms with Crippen LogP contribution < -0.4 is 10.0 Å². The molecule has 148 valence electrons. The molecule has 2 aliphatic rings. The number of hydrogen-bond donors (Lipinski definition) is 2. The van der Waals surface area contributed by atoms with Crippen LogP contribution in [0.2, 0.25) is 5.02 Å². The summed E-state index contributed by atoms with van der Waals surface area (Å²) in [5.41, 5.74) is 1.58. The van der Waals surface area contributed by atoms with E-state index in [1.54, 1.807) is 18.2 Å². The monoisotopic (exact) mass is 418 g/mol. The Balaban J connectivity index is 1.56. The number of para-hydroxylation sites is 1. The second-order valence-corrected chi connectivity index (χ2v) is 9.88. The van der Waals surface area contributed by atoms with Crippen LogP contribution in [0.1, 0.15) is 41.6 Å². The predicted molar refractivity (Wildman–Crippen MR) is 110 cm³/mol. The summed E-state index contributed by atoms with van der Waals surface area (Å²) in [5.74, 6) is 1.02. The average Bonchev–Trinajstić information content (AvgIpc) is 3.26. The number of aryl methyl sites for hydroxylation is 1. The fourth-order valence-electron chi connectivity index (χ4n) is 4.41. The van der Waals surface area contributed by atoms with Crippen LogP contribution >= 0.6 is 11.6 Å². The van der Waals surface area contributed by atoms with Crippen molar-refractivity contribution in [3.05, 3.63) is 58.6 Å². The first-order valence-electron chi connectivity index (χ1n) is 9.52. The fourth-order valence-corrected chi connectivity index (χ4v) is 6.07. The van der Waals surface area contributed by atoms with E-state index in [0.717, 1.165) is 24.3 Å². The molecular formula is C21H23ClN2O3S. The van der Waals surface area contributed by atoms with E-state index in [-0.39, 0.29) is 21.9 Å². The van der Waals surface area contributed by atoms with Gasteiger partial charge in [0.2, 0.25) is 0 Å². The number of amides is 1. The molecule has 2 saturated carbocycles. The predicted octanol–water partition coefficient (Wildman–Crippen LogP) is 4.37. The molecule has 0 aliphatic heterocycles. The third-order valence-corrected chi connectivity index (χ3v) is 7.77. The van der Waals surface area contributed by atoms with Gasteiger partial charge in [0.05, 0.1) is 10.7 Å². The van der Waals surface area contributed by atoms with Gasteiger partial charge in [-0.25, -0.2) is 8.42 Å². The minimum Gasteiger partial charge on any atom is -0.349 e. The van der Waals surface area contributed by atoms with Gasteiger partial charge in [0.25, 0.3) is 15.9 Å². The zero-order valence-electron chi connectivity index (χ0n) is 15.6. The van der Waals surface area contributed by atoms with Crippen LogP contribution in [0.4, 0.5) is 5.69 Å². The molecule has 2 N–H and O–H groups in total. The van der Waals surface area contributed by atoms with Crippen molar-refractivity contribution >= 4 is 33.2 Å². The molecule has 0 heterocycles. The molecule has 1 amide bonds. The molecule has 2 aliphatic carbocycles. The molecule has 3 atom stereocenters. The Morgan fingerprint density at radius 3 is 2.57 bits per heavy atom. The third kappa shape index (κ3) is 3.76. The van der Waals surface area contributed by atoms with Crippen LogP contribution in [0.5, 0.6) is 0 Å². The van der Waals surface area contributed by atoms with E-state index in [0.29, 0.717) is 17.2 Å².